The van der Waals surface area contributed by atoms with E-state index in [1.807, 2.05) is 0 Å². The molecule has 31 heavy (non-hydrogen) atoms. The van der Waals surface area contributed by atoms with Gasteiger partial charge in [0, 0.05) is 17.3 Å². The average Bonchev–Trinajstić information content (AvgIpc) is 3.12. The van der Waals surface area contributed by atoms with E-state index in [-0.39, 0.29) is 11.3 Å². The first-order valence-electron chi connectivity index (χ1n) is 9.74. The Bertz CT molecular complexity index is 1280. The molecule has 3 N–H and O–H groups in total. The van der Waals surface area contributed by atoms with Gasteiger partial charge in [-0.2, -0.15) is 5.10 Å². The fraction of sp³-hybridized carbons (Fsp3) is 0.286. The minimum absolute atomic E-state index is 0.0603. The van der Waals surface area contributed by atoms with Crippen molar-refractivity contribution < 1.29 is 19.1 Å². The Labute approximate surface area is 180 Å². The number of carbonyl (C=O) groups excluding carboxylic acids is 3. The van der Waals surface area contributed by atoms with Crippen molar-refractivity contribution in [1.82, 2.24) is 9.78 Å². The number of hydrogen-bond acceptors (Lipinski definition) is 7. The summed E-state index contributed by atoms with van der Waals surface area (Å²) in [6, 6.07) is 6.54. The summed E-state index contributed by atoms with van der Waals surface area (Å²) in [5.74, 6) is -2.02. The number of rotatable bonds is 5. The third-order valence-electron chi connectivity index (χ3n) is 5.15. The lowest BCUT2D eigenvalue weighted by Crippen LogP contribution is -2.26. The monoisotopic (exact) mass is 440 g/mol. The number of carbonyl (C=O) groups is 3. The largest absolute Gasteiger partial charge is 0.451 e. The van der Waals surface area contributed by atoms with Crippen LogP contribution in [0.2, 0.25) is 0 Å². The summed E-state index contributed by atoms with van der Waals surface area (Å²) in [4.78, 5) is 50.1. The van der Waals surface area contributed by atoms with Crippen LogP contribution in [-0.2, 0) is 29.4 Å². The number of nitrogens with zero attached hydrogens (tertiary/aromatic N) is 2. The number of nitrogens with two attached hydrogens (primary N) is 1. The number of hydrogen-bond donors (Lipinski definition) is 2. The lowest BCUT2D eigenvalue weighted by molar-refractivity contribution is -0.119. The lowest BCUT2D eigenvalue weighted by Gasteiger charge is -2.11. The summed E-state index contributed by atoms with van der Waals surface area (Å²) < 4.78 is 6.18. The third kappa shape index (κ3) is 3.93. The molecule has 0 saturated carbocycles. The van der Waals surface area contributed by atoms with Crippen LogP contribution in [0.5, 0.6) is 0 Å². The number of esters is 1. The molecule has 2 amide bonds. The SMILES string of the molecule is Cn1nc(C(=O)OCC(=O)Nc2sc3c(c2C(N)=O)CCCC3)c2ccccc2c1=O. The van der Waals surface area contributed by atoms with Gasteiger partial charge in [-0.1, -0.05) is 18.2 Å². The van der Waals surface area contributed by atoms with E-state index in [4.69, 9.17) is 10.5 Å². The van der Waals surface area contributed by atoms with Crippen molar-refractivity contribution in [1.29, 1.82) is 0 Å². The molecule has 2 aromatic heterocycles. The van der Waals surface area contributed by atoms with Crippen LogP contribution in [0.4, 0.5) is 5.00 Å². The number of aromatic nitrogens is 2. The van der Waals surface area contributed by atoms with Crippen molar-refractivity contribution in [2.24, 2.45) is 12.8 Å². The molecule has 0 radical (unpaired) electrons. The van der Waals surface area contributed by atoms with Crippen LogP contribution in [0.25, 0.3) is 10.8 Å². The molecule has 0 atom stereocenters. The van der Waals surface area contributed by atoms with E-state index < -0.39 is 24.4 Å². The Kier molecular flexibility index (Phi) is 5.55. The van der Waals surface area contributed by atoms with Crippen LogP contribution in [0, 0.1) is 0 Å². The minimum Gasteiger partial charge on any atom is -0.451 e. The Morgan fingerprint density at radius 1 is 1.19 bits per heavy atom. The average molecular weight is 440 g/mol. The molecule has 0 unspecified atom stereocenters. The van der Waals surface area contributed by atoms with E-state index in [1.165, 1.54) is 18.4 Å². The van der Waals surface area contributed by atoms with Gasteiger partial charge in [-0.05, 0) is 37.3 Å². The maximum Gasteiger partial charge on any atom is 0.359 e. The van der Waals surface area contributed by atoms with Gasteiger partial charge >= 0.3 is 5.97 Å². The highest BCUT2D eigenvalue weighted by Gasteiger charge is 2.25. The van der Waals surface area contributed by atoms with Crippen LogP contribution >= 0.6 is 11.3 Å². The van der Waals surface area contributed by atoms with Gasteiger partial charge in [0.05, 0.1) is 10.9 Å². The maximum absolute atomic E-state index is 12.6. The highest BCUT2D eigenvalue weighted by molar-refractivity contribution is 7.17. The zero-order chi connectivity index (χ0) is 22.1. The van der Waals surface area contributed by atoms with E-state index in [1.54, 1.807) is 24.3 Å². The molecule has 1 aliphatic carbocycles. The zero-order valence-electron chi connectivity index (χ0n) is 16.8. The second-order valence-corrected chi connectivity index (χ2v) is 8.33. The molecule has 2 heterocycles. The van der Waals surface area contributed by atoms with Gasteiger partial charge < -0.3 is 15.8 Å². The number of amides is 2. The maximum atomic E-state index is 12.6. The van der Waals surface area contributed by atoms with E-state index >= 15 is 0 Å². The first-order valence-corrected chi connectivity index (χ1v) is 10.6. The molecule has 4 rings (SSSR count). The topological polar surface area (TPSA) is 133 Å². The molecule has 0 aliphatic heterocycles. The molecule has 3 aromatic rings. The van der Waals surface area contributed by atoms with Gasteiger partial charge in [0.15, 0.2) is 12.3 Å². The first-order chi connectivity index (χ1) is 14.9. The number of anilines is 1. The van der Waals surface area contributed by atoms with Gasteiger partial charge in [0.1, 0.15) is 5.00 Å². The molecule has 10 heteroatoms. The smallest absolute Gasteiger partial charge is 0.359 e. The molecular weight excluding hydrogens is 420 g/mol. The Morgan fingerprint density at radius 3 is 2.65 bits per heavy atom. The van der Waals surface area contributed by atoms with Crippen molar-refractivity contribution in [3.05, 3.63) is 56.3 Å². The number of ether oxygens (including phenoxy) is 1. The number of fused-ring (bicyclic) bond motifs is 2. The summed E-state index contributed by atoms with van der Waals surface area (Å²) in [6.45, 7) is -0.571. The van der Waals surface area contributed by atoms with Gasteiger partial charge in [0.2, 0.25) is 0 Å². The third-order valence-corrected chi connectivity index (χ3v) is 6.36. The zero-order valence-corrected chi connectivity index (χ0v) is 17.6. The van der Waals surface area contributed by atoms with Crippen molar-refractivity contribution in [2.75, 3.05) is 11.9 Å². The number of aryl methyl sites for hydroxylation is 2. The lowest BCUT2D eigenvalue weighted by atomic mass is 9.95. The highest BCUT2D eigenvalue weighted by Crippen LogP contribution is 2.37. The quantitative estimate of drug-likeness (QED) is 0.581. The number of nitrogens with one attached hydrogen (secondary N) is 1. The molecule has 9 nitrogen and oxygen atoms in total. The van der Waals surface area contributed by atoms with Crippen molar-refractivity contribution in [3.63, 3.8) is 0 Å². The van der Waals surface area contributed by atoms with Crippen molar-refractivity contribution >= 4 is 44.9 Å². The van der Waals surface area contributed by atoms with Crippen molar-refractivity contribution in [2.45, 2.75) is 25.7 Å². The van der Waals surface area contributed by atoms with Gasteiger partial charge in [-0.25, -0.2) is 9.48 Å². The summed E-state index contributed by atoms with van der Waals surface area (Å²) in [6.07, 6.45) is 3.59. The van der Waals surface area contributed by atoms with E-state index in [0.29, 0.717) is 21.3 Å². The standard InChI is InChI=1S/C21H20N4O5S/c1-25-20(28)12-7-3-2-6-11(12)17(24-25)21(29)30-10-15(26)23-19-16(18(22)27)13-8-4-5-9-14(13)31-19/h2-3,6-7H,4-5,8-10H2,1H3,(H2,22,27)(H,23,26). The normalized spacial score (nSPS) is 12.9. The van der Waals surface area contributed by atoms with Crippen LogP contribution in [0.3, 0.4) is 0 Å². The molecule has 1 aromatic carbocycles. The van der Waals surface area contributed by atoms with Gasteiger partial charge in [-0.15, -0.1) is 11.3 Å². The fourth-order valence-corrected chi connectivity index (χ4v) is 5.04. The summed E-state index contributed by atoms with van der Waals surface area (Å²) >= 11 is 1.33. The van der Waals surface area contributed by atoms with Crippen LogP contribution < -0.4 is 16.6 Å². The van der Waals surface area contributed by atoms with Crippen LogP contribution in [0.15, 0.2) is 29.1 Å². The fourth-order valence-electron chi connectivity index (χ4n) is 3.73. The van der Waals surface area contributed by atoms with Gasteiger partial charge in [0.25, 0.3) is 17.4 Å². The predicted octanol–water partition coefficient (Wildman–Crippen LogP) is 1.77. The summed E-state index contributed by atoms with van der Waals surface area (Å²) in [5.41, 5.74) is 6.37. The second kappa shape index (κ2) is 8.31. The number of thiophene rings is 1. The molecule has 160 valence electrons. The van der Waals surface area contributed by atoms with E-state index in [0.717, 1.165) is 40.8 Å². The van der Waals surface area contributed by atoms with Gasteiger partial charge in [-0.3, -0.25) is 14.4 Å². The Hall–Kier alpha value is -3.53. The molecule has 0 spiro atoms. The Balaban J connectivity index is 1.51. The van der Waals surface area contributed by atoms with Crippen molar-refractivity contribution in [3.8, 4) is 0 Å². The Morgan fingerprint density at radius 2 is 1.90 bits per heavy atom. The predicted molar refractivity (Wildman–Crippen MR) is 115 cm³/mol. The number of primary amides is 1. The highest BCUT2D eigenvalue weighted by atomic mass is 32.1. The summed E-state index contributed by atoms with van der Waals surface area (Å²) in [7, 11) is 1.43. The first kappa shape index (κ1) is 20.7. The summed E-state index contributed by atoms with van der Waals surface area (Å²) in [5, 5.41) is 7.67. The van der Waals surface area contributed by atoms with Crippen LogP contribution in [0.1, 0.15) is 44.1 Å². The van der Waals surface area contributed by atoms with Crippen LogP contribution in [-0.4, -0.2) is 34.2 Å². The molecule has 1 aliphatic rings. The second-order valence-electron chi connectivity index (χ2n) is 7.23. The molecule has 0 saturated heterocycles. The molecule has 0 fully saturated rings. The van der Waals surface area contributed by atoms with E-state index in [9.17, 15) is 19.2 Å². The minimum atomic E-state index is -0.831. The molecule has 0 bridgehead atoms. The van der Waals surface area contributed by atoms with E-state index in [2.05, 4.69) is 10.4 Å². The molecular formula is C21H20N4O5S. The number of benzene rings is 1.